The van der Waals surface area contributed by atoms with Crippen LogP contribution in [0.2, 0.25) is 0 Å². The number of carboxylic acids is 2. The third kappa shape index (κ3) is 5.24. The van der Waals surface area contributed by atoms with Crippen LogP contribution in [0.3, 0.4) is 0 Å². The van der Waals surface area contributed by atoms with Crippen LogP contribution in [0.1, 0.15) is 35.4 Å². The van der Waals surface area contributed by atoms with Crippen molar-refractivity contribution in [2.24, 2.45) is 7.05 Å². The molecule has 4 rings (SSSR count). The fraction of sp³-hybridized carbons (Fsp3) is 0.348. The summed E-state index contributed by atoms with van der Waals surface area (Å²) in [5, 5.41) is 35.8. The van der Waals surface area contributed by atoms with Gasteiger partial charge in [0.05, 0.1) is 0 Å². The standard InChI is InChI=1S/C23H23N7O7S2/c1-29-17(26-27-28-29)13-10-39-22-23(11-38,21(37)30(22)16(13)20(35)36)25-15(31)9-5-8-14(19(33)34)24-18(32)12-6-3-2-4-7-12/h2-4,6-7,11,14,22H,5,8-10H2,1H3,(H,24,32)(H,25,31)(H,33,34)(H,35,36)/t14?,22-,23+/m0/s1. The summed E-state index contributed by atoms with van der Waals surface area (Å²) < 4.78 is 1.30. The number of hydrogen-bond donors (Lipinski definition) is 4. The zero-order valence-electron chi connectivity index (χ0n) is 20.4. The molecule has 0 aliphatic carbocycles. The second kappa shape index (κ2) is 11.3. The highest BCUT2D eigenvalue weighted by Gasteiger charge is 2.64. The molecule has 1 fully saturated rings. The Morgan fingerprint density at radius 3 is 2.56 bits per heavy atom. The number of carbonyl (C=O) groups excluding carboxylic acids is 3. The molecule has 0 spiro atoms. The van der Waals surface area contributed by atoms with Crippen molar-refractivity contribution in [3.05, 3.63) is 47.4 Å². The van der Waals surface area contributed by atoms with Gasteiger partial charge in [0.25, 0.3) is 11.8 Å². The van der Waals surface area contributed by atoms with Crippen LogP contribution < -0.4 is 10.6 Å². The molecule has 2 aliphatic rings. The number of fused-ring (bicyclic) bond motifs is 1. The summed E-state index contributed by atoms with van der Waals surface area (Å²) in [5.74, 6) is -4.11. The molecule has 2 aliphatic heterocycles. The van der Waals surface area contributed by atoms with Crippen molar-refractivity contribution in [3.8, 4) is 0 Å². The van der Waals surface area contributed by atoms with Gasteiger partial charge in [0.15, 0.2) is 11.4 Å². The summed E-state index contributed by atoms with van der Waals surface area (Å²) in [6.07, 6.45) is -0.103. The van der Waals surface area contributed by atoms with Crippen LogP contribution in [-0.2, 0) is 26.2 Å². The van der Waals surface area contributed by atoms with E-state index >= 15 is 0 Å². The van der Waals surface area contributed by atoms with Crippen molar-refractivity contribution < 1.29 is 34.2 Å². The van der Waals surface area contributed by atoms with E-state index in [0.717, 1.165) is 10.3 Å². The maximum absolute atomic E-state index is 13.2. The molecule has 1 aromatic carbocycles. The third-order valence-corrected chi connectivity index (χ3v) is 8.00. The number of carboxylic acid groups (broad SMARTS) is 2. The first kappa shape index (κ1) is 27.8. The Morgan fingerprint density at radius 1 is 1.26 bits per heavy atom. The lowest BCUT2D eigenvalue weighted by molar-refractivity contribution is -0.153. The first-order chi connectivity index (χ1) is 18.6. The highest BCUT2D eigenvalue weighted by atomic mass is 32.2. The van der Waals surface area contributed by atoms with Gasteiger partial charge in [-0.25, -0.2) is 14.3 Å². The normalized spacial score (nSPS) is 20.9. The summed E-state index contributed by atoms with van der Waals surface area (Å²) in [5.41, 5.74) is -1.35. The number of amides is 3. The lowest BCUT2D eigenvalue weighted by atomic mass is 9.87. The Balaban J connectivity index is 1.40. The van der Waals surface area contributed by atoms with E-state index in [0.29, 0.717) is 5.56 Å². The van der Waals surface area contributed by atoms with E-state index in [2.05, 4.69) is 26.2 Å². The lowest BCUT2D eigenvalue weighted by Gasteiger charge is -2.55. The summed E-state index contributed by atoms with van der Waals surface area (Å²) in [4.78, 5) is 63.2. The zero-order valence-corrected chi connectivity index (χ0v) is 22.1. The molecule has 1 saturated heterocycles. The average molecular weight is 574 g/mol. The van der Waals surface area contributed by atoms with Gasteiger partial charge in [-0.3, -0.25) is 19.3 Å². The molecule has 204 valence electrons. The van der Waals surface area contributed by atoms with Gasteiger partial charge in [-0.15, -0.1) is 16.9 Å². The van der Waals surface area contributed by atoms with Gasteiger partial charge in [-0.2, -0.15) is 0 Å². The van der Waals surface area contributed by atoms with E-state index in [4.69, 9.17) is 12.2 Å². The fourth-order valence-electron chi connectivity index (χ4n) is 4.34. The highest BCUT2D eigenvalue weighted by Crippen LogP contribution is 2.47. The van der Waals surface area contributed by atoms with Crippen LogP contribution in [0.15, 0.2) is 36.0 Å². The first-order valence-corrected chi connectivity index (χ1v) is 13.1. The molecule has 16 heteroatoms. The molecule has 14 nitrogen and oxygen atoms in total. The van der Waals surface area contributed by atoms with Crippen molar-refractivity contribution in [2.45, 2.75) is 36.2 Å². The van der Waals surface area contributed by atoms with E-state index in [-0.39, 0.29) is 42.1 Å². The van der Waals surface area contributed by atoms with E-state index in [9.17, 15) is 34.2 Å². The molecule has 0 saturated carbocycles. The molecule has 2 aromatic rings. The molecule has 4 N–H and O–H groups in total. The number of carbonyl (C=O) groups is 5. The Morgan fingerprint density at radius 2 is 1.97 bits per heavy atom. The van der Waals surface area contributed by atoms with Gasteiger partial charge in [-0.05, 0) is 35.4 Å². The molecule has 39 heavy (non-hydrogen) atoms. The van der Waals surface area contributed by atoms with Gasteiger partial charge >= 0.3 is 11.9 Å². The summed E-state index contributed by atoms with van der Waals surface area (Å²) in [6, 6.07) is 6.90. The largest absolute Gasteiger partial charge is 0.480 e. The first-order valence-electron chi connectivity index (χ1n) is 11.6. The van der Waals surface area contributed by atoms with Crippen LogP contribution in [0.5, 0.6) is 0 Å². The minimum absolute atomic E-state index is 0.0365. The van der Waals surface area contributed by atoms with Gasteiger partial charge < -0.3 is 20.8 Å². The van der Waals surface area contributed by atoms with Crippen LogP contribution in [0, 0.1) is 0 Å². The van der Waals surface area contributed by atoms with Crippen molar-refractivity contribution in [1.29, 1.82) is 0 Å². The average Bonchev–Trinajstić information content (AvgIpc) is 3.35. The van der Waals surface area contributed by atoms with Gasteiger partial charge in [0.2, 0.25) is 5.91 Å². The number of β-lactam (4-membered cyclic amide) rings is 1. The number of tetrazole rings is 1. The second-order valence-corrected chi connectivity index (χ2v) is 10.1. The summed E-state index contributed by atoms with van der Waals surface area (Å²) in [6.45, 7) is 0. The SMILES string of the molecule is Cn1nnnc1C1=C(C(=O)O)N2C(=O)[C@@](C=S)(NC(=O)CCCC(NC(=O)c3ccccc3)C(=O)O)[C@@H]2SC1. The van der Waals surface area contributed by atoms with Crippen molar-refractivity contribution >= 4 is 64.6 Å². The topological polar surface area (TPSA) is 197 Å². The maximum atomic E-state index is 13.2. The number of hydrogen-bond acceptors (Lipinski definition) is 10. The number of nitrogens with zero attached hydrogens (tertiary/aromatic N) is 5. The predicted octanol–water partition coefficient (Wildman–Crippen LogP) is -0.171. The van der Waals surface area contributed by atoms with E-state index in [1.165, 1.54) is 16.4 Å². The van der Waals surface area contributed by atoms with Crippen LogP contribution >= 0.6 is 24.0 Å². The molecular weight excluding hydrogens is 550 g/mol. The quantitative estimate of drug-likeness (QED) is 0.205. The molecule has 3 atom stereocenters. The second-order valence-electron chi connectivity index (χ2n) is 8.75. The number of aliphatic carboxylic acids is 2. The lowest BCUT2D eigenvalue weighted by Crippen LogP contribution is -2.80. The minimum Gasteiger partial charge on any atom is -0.480 e. The van der Waals surface area contributed by atoms with E-state index in [1.807, 2.05) is 0 Å². The smallest absolute Gasteiger partial charge is 0.353 e. The minimum atomic E-state index is -1.62. The van der Waals surface area contributed by atoms with Crippen molar-refractivity contribution in [2.75, 3.05) is 5.75 Å². The predicted molar refractivity (Wildman–Crippen MR) is 140 cm³/mol. The molecule has 1 aromatic heterocycles. The Bertz CT molecular complexity index is 1380. The zero-order chi connectivity index (χ0) is 28.3. The number of thioether (sulfide) groups is 1. The number of rotatable bonds is 11. The Kier molecular flexibility index (Phi) is 8.06. The molecular formula is C23H23N7O7S2. The van der Waals surface area contributed by atoms with Crippen LogP contribution in [0.25, 0.3) is 5.57 Å². The van der Waals surface area contributed by atoms with Crippen LogP contribution in [0.4, 0.5) is 0 Å². The summed E-state index contributed by atoms with van der Waals surface area (Å²) in [7, 11) is 1.54. The van der Waals surface area contributed by atoms with E-state index < -0.39 is 46.6 Å². The number of aryl methyl sites for hydroxylation is 1. The van der Waals surface area contributed by atoms with Gasteiger partial charge in [-0.1, -0.05) is 30.4 Å². The van der Waals surface area contributed by atoms with Crippen LogP contribution in [-0.4, -0.2) is 93.1 Å². The van der Waals surface area contributed by atoms with Gasteiger partial charge in [0.1, 0.15) is 17.1 Å². The molecule has 0 radical (unpaired) electrons. The molecule has 0 bridgehead atoms. The van der Waals surface area contributed by atoms with Crippen molar-refractivity contribution in [1.82, 2.24) is 35.7 Å². The Labute approximate surface area is 230 Å². The Hall–Kier alpha value is -4.18. The molecule has 3 heterocycles. The number of thiocarbonyl (C=S) groups is 1. The van der Waals surface area contributed by atoms with Crippen molar-refractivity contribution in [3.63, 3.8) is 0 Å². The monoisotopic (exact) mass is 573 g/mol. The summed E-state index contributed by atoms with van der Waals surface area (Å²) >= 11 is 6.29. The molecule has 3 amide bonds. The number of benzene rings is 1. The maximum Gasteiger partial charge on any atom is 0.353 e. The highest BCUT2D eigenvalue weighted by molar-refractivity contribution is 8.00. The third-order valence-electron chi connectivity index (χ3n) is 6.27. The number of nitrogens with one attached hydrogen (secondary N) is 2. The fourth-order valence-corrected chi connectivity index (χ4v) is 6.15. The van der Waals surface area contributed by atoms with Gasteiger partial charge in [0, 0.05) is 35.7 Å². The molecule has 1 unspecified atom stereocenters. The van der Waals surface area contributed by atoms with E-state index in [1.54, 1.807) is 37.4 Å². The number of aromatic nitrogens is 4.